The van der Waals surface area contributed by atoms with Crippen molar-refractivity contribution in [3.63, 3.8) is 0 Å². The van der Waals surface area contributed by atoms with Gasteiger partial charge in [0.2, 0.25) is 0 Å². The van der Waals surface area contributed by atoms with Gasteiger partial charge in [-0.2, -0.15) is 0 Å². The molecule has 36 heavy (non-hydrogen) atoms. The SMILES string of the molecule is CCCN(CCP(=O)(c1ccccc1)c1ccccc1)CCP(=O)(c1ccccc1)c1ccccc1. The van der Waals surface area contributed by atoms with Gasteiger partial charge in [0.05, 0.1) is 0 Å². The molecule has 5 heteroatoms. The van der Waals surface area contributed by atoms with Crippen molar-refractivity contribution in [2.45, 2.75) is 13.3 Å². The van der Waals surface area contributed by atoms with Crippen molar-refractivity contribution >= 4 is 35.5 Å². The summed E-state index contributed by atoms with van der Waals surface area (Å²) in [4.78, 5) is 2.34. The van der Waals surface area contributed by atoms with Crippen LogP contribution in [-0.4, -0.2) is 36.9 Å². The van der Waals surface area contributed by atoms with Crippen LogP contribution in [0.5, 0.6) is 0 Å². The van der Waals surface area contributed by atoms with Gasteiger partial charge in [-0.3, -0.25) is 0 Å². The van der Waals surface area contributed by atoms with Crippen LogP contribution in [0.25, 0.3) is 0 Å². The number of hydrogen-bond acceptors (Lipinski definition) is 3. The monoisotopic (exact) mass is 515 g/mol. The van der Waals surface area contributed by atoms with Gasteiger partial charge in [-0.1, -0.05) is 128 Å². The van der Waals surface area contributed by atoms with Crippen LogP contribution in [-0.2, 0) is 9.13 Å². The summed E-state index contributed by atoms with van der Waals surface area (Å²) in [5, 5.41) is 3.58. The molecule has 0 heterocycles. The predicted molar refractivity (Wildman–Crippen MR) is 156 cm³/mol. The van der Waals surface area contributed by atoms with Crippen molar-refractivity contribution in [1.82, 2.24) is 4.90 Å². The second kappa shape index (κ2) is 12.5. The van der Waals surface area contributed by atoms with Crippen LogP contribution in [0.4, 0.5) is 0 Å². The molecule has 0 N–H and O–H groups in total. The minimum Gasteiger partial charge on any atom is -0.314 e. The molecule has 3 nitrogen and oxygen atoms in total. The van der Waals surface area contributed by atoms with Crippen LogP contribution in [0.15, 0.2) is 121 Å². The van der Waals surface area contributed by atoms with Gasteiger partial charge in [0.25, 0.3) is 0 Å². The fourth-order valence-electron chi connectivity index (χ4n) is 4.71. The van der Waals surface area contributed by atoms with E-state index in [-0.39, 0.29) is 0 Å². The van der Waals surface area contributed by atoms with Gasteiger partial charge in [-0.05, 0) is 13.0 Å². The Morgan fingerprint density at radius 1 is 0.472 bits per heavy atom. The summed E-state index contributed by atoms with van der Waals surface area (Å²) in [5.41, 5.74) is 0. The minimum absolute atomic E-state index is 0.558. The second-order valence-corrected chi connectivity index (χ2v) is 15.0. The summed E-state index contributed by atoms with van der Waals surface area (Å²) in [6, 6.07) is 39.4. The Balaban J connectivity index is 1.57. The van der Waals surface area contributed by atoms with Gasteiger partial charge in [0, 0.05) is 46.6 Å². The Bertz CT molecular complexity index is 1110. The Kier molecular flexibility index (Phi) is 9.16. The van der Waals surface area contributed by atoms with E-state index in [0.29, 0.717) is 25.4 Å². The summed E-state index contributed by atoms with van der Waals surface area (Å²) < 4.78 is 29.0. The highest BCUT2D eigenvalue weighted by atomic mass is 31.2. The lowest BCUT2D eigenvalue weighted by atomic mass is 10.4. The first-order chi connectivity index (χ1) is 17.6. The molecule has 0 aliphatic heterocycles. The van der Waals surface area contributed by atoms with Gasteiger partial charge in [-0.25, -0.2) is 0 Å². The number of rotatable bonds is 12. The Hall–Kier alpha value is -2.70. The zero-order chi connectivity index (χ0) is 25.3. The molecule has 0 atom stereocenters. The molecule has 0 saturated carbocycles. The van der Waals surface area contributed by atoms with E-state index in [1.807, 2.05) is 121 Å². The maximum atomic E-state index is 14.5. The molecule has 0 amide bonds. The summed E-state index contributed by atoms with van der Waals surface area (Å²) in [6.07, 6.45) is 2.10. The van der Waals surface area contributed by atoms with Crippen molar-refractivity contribution in [1.29, 1.82) is 0 Å². The highest BCUT2D eigenvalue weighted by Gasteiger charge is 2.30. The van der Waals surface area contributed by atoms with Crippen molar-refractivity contribution in [3.05, 3.63) is 121 Å². The third-order valence-electron chi connectivity index (χ3n) is 6.70. The zero-order valence-corrected chi connectivity index (χ0v) is 22.7. The maximum Gasteiger partial charge on any atom is 0.144 e. The molecule has 0 radical (unpaired) electrons. The summed E-state index contributed by atoms with van der Waals surface area (Å²) in [6.45, 7) is 4.43. The van der Waals surface area contributed by atoms with Crippen molar-refractivity contribution < 1.29 is 9.13 Å². The maximum absolute atomic E-state index is 14.5. The van der Waals surface area contributed by atoms with Gasteiger partial charge in [0.1, 0.15) is 14.3 Å². The lowest BCUT2D eigenvalue weighted by Gasteiger charge is -2.28. The molecular weight excluding hydrogens is 480 g/mol. The topological polar surface area (TPSA) is 37.4 Å². The van der Waals surface area contributed by atoms with Gasteiger partial charge >= 0.3 is 0 Å². The summed E-state index contributed by atoms with van der Waals surface area (Å²) >= 11 is 0. The van der Waals surface area contributed by atoms with E-state index < -0.39 is 14.3 Å². The molecule has 186 valence electrons. The average molecular weight is 516 g/mol. The van der Waals surface area contributed by atoms with Crippen LogP contribution >= 0.6 is 14.3 Å². The Morgan fingerprint density at radius 2 is 0.750 bits per heavy atom. The van der Waals surface area contributed by atoms with Crippen LogP contribution in [0.2, 0.25) is 0 Å². The molecule has 4 aromatic carbocycles. The lowest BCUT2D eigenvalue weighted by molar-refractivity contribution is 0.306. The normalized spacial score (nSPS) is 12.1. The first-order valence-corrected chi connectivity index (χ1v) is 16.5. The largest absolute Gasteiger partial charge is 0.314 e. The Labute approximate surface area is 215 Å². The molecule has 0 bridgehead atoms. The number of benzene rings is 4. The van der Waals surface area contributed by atoms with E-state index in [1.54, 1.807) is 0 Å². The van der Waals surface area contributed by atoms with E-state index in [4.69, 9.17) is 0 Å². The van der Waals surface area contributed by atoms with Crippen molar-refractivity contribution in [3.8, 4) is 0 Å². The molecule has 0 aliphatic carbocycles. The summed E-state index contributed by atoms with van der Waals surface area (Å²) in [7, 11) is -5.59. The molecule has 0 saturated heterocycles. The minimum atomic E-state index is -2.79. The van der Waals surface area contributed by atoms with Crippen molar-refractivity contribution in [2.24, 2.45) is 0 Å². The average Bonchev–Trinajstić information content (AvgIpc) is 2.96. The second-order valence-electron chi connectivity index (χ2n) is 9.11. The predicted octanol–water partition coefficient (Wildman–Crippen LogP) is 5.73. The van der Waals surface area contributed by atoms with E-state index in [9.17, 15) is 9.13 Å². The van der Waals surface area contributed by atoms with Crippen LogP contribution < -0.4 is 21.2 Å². The van der Waals surface area contributed by atoms with Crippen LogP contribution in [0.3, 0.4) is 0 Å². The smallest absolute Gasteiger partial charge is 0.144 e. The highest BCUT2D eigenvalue weighted by molar-refractivity contribution is 7.79. The fourth-order valence-corrected chi connectivity index (χ4v) is 10.1. The van der Waals surface area contributed by atoms with E-state index in [1.165, 1.54) is 0 Å². The van der Waals surface area contributed by atoms with Gasteiger partial charge in [-0.15, -0.1) is 0 Å². The molecule has 0 aliphatic rings. The van der Waals surface area contributed by atoms with E-state index in [2.05, 4.69) is 11.8 Å². The molecule has 0 aromatic heterocycles. The highest BCUT2D eigenvalue weighted by Crippen LogP contribution is 2.44. The fraction of sp³-hybridized carbons (Fsp3) is 0.226. The molecule has 0 fully saturated rings. The van der Waals surface area contributed by atoms with Crippen molar-refractivity contribution in [2.75, 3.05) is 32.0 Å². The standard InChI is InChI=1S/C31H35NO2P2/c1-2-23-32(24-26-35(33,28-15-7-3-8-16-28)29-17-9-4-10-18-29)25-27-36(34,30-19-11-5-12-20-30)31-21-13-6-14-22-31/h3-22H,2,23-27H2,1H3. The zero-order valence-electron chi connectivity index (χ0n) is 20.9. The van der Waals surface area contributed by atoms with Gasteiger partial charge in [0.15, 0.2) is 0 Å². The third kappa shape index (κ3) is 6.16. The van der Waals surface area contributed by atoms with Gasteiger partial charge < -0.3 is 14.0 Å². The third-order valence-corrected chi connectivity index (χ3v) is 12.9. The quantitative estimate of drug-likeness (QED) is 0.226. The van der Waals surface area contributed by atoms with E-state index in [0.717, 1.165) is 34.2 Å². The van der Waals surface area contributed by atoms with E-state index >= 15 is 0 Å². The lowest BCUT2D eigenvalue weighted by Crippen LogP contribution is -2.34. The number of hydrogen-bond donors (Lipinski definition) is 0. The number of nitrogens with zero attached hydrogens (tertiary/aromatic N) is 1. The first-order valence-electron chi connectivity index (χ1n) is 12.7. The molecule has 4 rings (SSSR count). The molecular formula is C31H35NO2P2. The molecule has 0 unspecified atom stereocenters. The van der Waals surface area contributed by atoms with Crippen LogP contribution in [0, 0.1) is 0 Å². The molecule has 0 spiro atoms. The summed E-state index contributed by atoms with van der Waals surface area (Å²) in [5.74, 6) is 0. The first kappa shape index (κ1) is 26.4. The van der Waals surface area contributed by atoms with Crippen LogP contribution in [0.1, 0.15) is 13.3 Å². The Morgan fingerprint density at radius 3 is 1.00 bits per heavy atom. The molecule has 4 aromatic rings.